The van der Waals surface area contributed by atoms with E-state index in [1.54, 1.807) is 0 Å². The molecule has 1 aliphatic rings. The maximum atomic E-state index is 14.1. The summed E-state index contributed by atoms with van der Waals surface area (Å²) in [6.45, 7) is 8.29. The molecule has 0 saturated carbocycles. The minimum absolute atomic E-state index is 0.328. The van der Waals surface area contributed by atoms with Gasteiger partial charge in [-0.25, -0.2) is 0 Å². The molecule has 0 atom stereocenters. The Morgan fingerprint density at radius 1 is 0.839 bits per heavy atom. The Hall–Kier alpha value is -2.92. The van der Waals surface area contributed by atoms with Gasteiger partial charge in [0.1, 0.15) is 8.07 Å². The fourth-order valence-electron chi connectivity index (χ4n) is 5.04. The second-order valence-corrected chi connectivity index (χ2v) is 13.3. The van der Waals surface area contributed by atoms with E-state index in [9.17, 15) is 13.2 Å². The Bertz CT molecular complexity index is 1350. The molecule has 0 fully saturated rings. The highest BCUT2D eigenvalue weighted by Gasteiger charge is 2.46. The van der Waals surface area contributed by atoms with Crippen molar-refractivity contribution in [2.45, 2.75) is 33.1 Å². The number of halogens is 3. The first-order valence-electron chi connectivity index (χ1n) is 10.3. The smallest absolute Gasteiger partial charge is 0.256 e. The molecule has 0 N–H and O–H groups in total. The van der Waals surface area contributed by atoms with E-state index in [1.807, 2.05) is 56.3 Å². The van der Waals surface area contributed by atoms with Crippen LogP contribution < -0.4 is 10.4 Å². The third-order valence-electron chi connectivity index (χ3n) is 6.33. The molecule has 0 spiro atoms. The second-order valence-electron chi connectivity index (χ2n) is 9.01. The zero-order valence-electron chi connectivity index (χ0n) is 17.9. The topological polar surface area (TPSA) is 12.9 Å². The fraction of sp³-hybridized carbons (Fsp3) is 0.192. The lowest BCUT2D eigenvalue weighted by molar-refractivity contribution is -0.137. The SMILES string of the molecule is Cc1cc(C)cc(-c2ncc(C(F)(F)F)c3c2[Si](C)(C)c2cc4ccccc4cc2-3)c1. The fourth-order valence-corrected chi connectivity index (χ4v) is 8.40. The first kappa shape index (κ1) is 20.0. The minimum atomic E-state index is -4.46. The van der Waals surface area contributed by atoms with Crippen LogP contribution in [0.4, 0.5) is 13.2 Å². The molecule has 1 aromatic heterocycles. The van der Waals surface area contributed by atoms with Gasteiger partial charge >= 0.3 is 6.18 Å². The molecule has 0 radical (unpaired) electrons. The molecule has 156 valence electrons. The summed E-state index contributed by atoms with van der Waals surface area (Å²) in [7, 11) is -2.43. The van der Waals surface area contributed by atoms with Crippen molar-refractivity contribution in [3.05, 3.63) is 77.5 Å². The van der Waals surface area contributed by atoms with E-state index in [0.717, 1.165) is 44.0 Å². The van der Waals surface area contributed by atoms with Crippen LogP contribution in [0, 0.1) is 13.8 Å². The van der Waals surface area contributed by atoms with Crippen LogP contribution >= 0.6 is 0 Å². The van der Waals surface area contributed by atoms with Gasteiger partial charge in [-0.05, 0) is 64.3 Å². The molecule has 4 aromatic rings. The van der Waals surface area contributed by atoms with Gasteiger partial charge in [0.15, 0.2) is 0 Å². The van der Waals surface area contributed by atoms with Gasteiger partial charge in [0, 0.05) is 11.8 Å². The standard InChI is InChI=1S/C26H22F3NSi/c1-15-9-16(2)11-19(10-15)24-25-23(21(14-30-24)26(27,28)29)20-12-17-7-5-6-8-18(17)13-22(20)31(25,3)4/h5-14H,1-4H3. The van der Waals surface area contributed by atoms with Crippen molar-refractivity contribution < 1.29 is 13.2 Å². The number of benzene rings is 3. The van der Waals surface area contributed by atoms with Crippen molar-refractivity contribution in [1.29, 1.82) is 0 Å². The number of hydrogen-bond acceptors (Lipinski definition) is 1. The van der Waals surface area contributed by atoms with Crippen LogP contribution in [0.3, 0.4) is 0 Å². The molecule has 0 unspecified atom stereocenters. The maximum Gasteiger partial charge on any atom is 0.418 e. The predicted molar refractivity (Wildman–Crippen MR) is 124 cm³/mol. The van der Waals surface area contributed by atoms with Crippen LogP contribution in [-0.2, 0) is 6.18 Å². The van der Waals surface area contributed by atoms with Crippen molar-refractivity contribution >= 4 is 29.2 Å². The molecule has 31 heavy (non-hydrogen) atoms. The van der Waals surface area contributed by atoms with E-state index in [0.29, 0.717) is 16.8 Å². The number of rotatable bonds is 1. The molecule has 0 saturated heterocycles. The molecular formula is C26H22F3NSi. The number of nitrogens with zero attached hydrogens (tertiary/aromatic N) is 1. The lowest BCUT2D eigenvalue weighted by atomic mass is 9.95. The van der Waals surface area contributed by atoms with Gasteiger partial charge in [0.05, 0.1) is 11.3 Å². The number of aryl methyl sites for hydroxylation is 2. The van der Waals surface area contributed by atoms with E-state index in [-0.39, 0.29) is 0 Å². The van der Waals surface area contributed by atoms with Gasteiger partial charge in [-0.3, -0.25) is 4.98 Å². The Morgan fingerprint density at radius 3 is 2.06 bits per heavy atom. The largest absolute Gasteiger partial charge is 0.418 e. The molecule has 1 aliphatic heterocycles. The van der Waals surface area contributed by atoms with E-state index in [1.165, 1.54) is 0 Å². The number of hydrogen-bond donors (Lipinski definition) is 0. The van der Waals surface area contributed by atoms with E-state index >= 15 is 0 Å². The van der Waals surface area contributed by atoms with E-state index < -0.39 is 19.8 Å². The Morgan fingerprint density at radius 2 is 1.45 bits per heavy atom. The predicted octanol–water partition coefficient (Wildman–Crippen LogP) is 6.34. The molecule has 5 rings (SSSR count). The van der Waals surface area contributed by atoms with Crippen molar-refractivity contribution in [3.8, 4) is 22.4 Å². The summed E-state index contributed by atoms with van der Waals surface area (Å²) < 4.78 is 42.4. The minimum Gasteiger partial charge on any atom is -0.256 e. The summed E-state index contributed by atoms with van der Waals surface area (Å²) in [6.07, 6.45) is -3.43. The number of aromatic nitrogens is 1. The van der Waals surface area contributed by atoms with Crippen LogP contribution in [0.5, 0.6) is 0 Å². The van der Waals surface area contributed by atoms with Crippen molar-refractivity contribution in [3.63, 3.8) is 0 Å². The average Bonchev–Trinajstić information content (AvgIpc) is 2.92. The monoisotopic (exact) mass is 433 g/mol. The third-order valence-corrected chi connectivity index (χ3v) is 9.83. The van der Waals surface area contributed by atoms with Crippen molar-refractivity contribution in [1.82, 2.24) is 4.98 Å². The molecule has 3 aromatic carbocycles. The number of fused-ring (bicyclic) bond motifs is 4. The van der Waals surface area contributed by atoms with Crippen LogP contribution in [0.1, 0.15) is 16.7 Å². The van der Waals surface area contributed by atoms with Crippen LogP contribution in [0.25, 0.3) is 33.2 Å². The van der Waals surface area contributed by atoms with Gasteiger partial charge in [-0.1, -0.05) is 60.6 Å². The number of alkyl halides is 3. The first-order valence-corrected chi connectivity index (χ1v) is 13.3. The quantitative estimate of drug-likeness (QED) is 0.319. The van der Waals surface area contributed by atoms with Crippen molar-refractivity contribution in [2.24, 2.45) is 0 Å². The summed E-state index contributed by atoms with van der Waals surface area (Å²) >= 11 is 0. The summed E-state index contributed by atoms with van der Waals surface area (Å²) in [5.74, 6) is 0. The van der Waals surface area contributed by atoms with Gasteiger partial charge < -0.3 is 0 Å². The summed E-state index contributed by atoms with van der Waals surface area (Å²) in [4.78, 5) is 4.43. The highest BCUT2D eigenvalue weighted by Crippen LogP contribution is 2.42. The Labute approximate surface area is 180 Å². The van der Waals surface area contributed by atoms with Gasteiger partial charge in [0.2, 0.25) is 0 Å². The summed E-state index contributed by atoms with van der Waals surface area (Å²) in [5.41, 5.74) is 4.13. The molecule has 1 nitrogen and oxygen atoms in total. The summed E-state index contributed by atoms with van der Waals surface area (Å²) in [5, 5.41) is 3.85. The van der Waals surface area contributed by atoms with Crippen LogP contribution in [0.2, 0.25) is 13.1 Å². The first-order chi connectivity index (χ1) is 14.6. The Balaban J connectivity index is 1.92. The molecule has 0 aliphatic carbocycles. The van der Waals surface area contributed by atoms with Gasteiger partial charge in [-0.2, -0.15) is 13.2 Å². The van der Waals surface area contributed by atoms with E-state index in [4.69, 9.17) is 0 Å². The maximum absolute atomic E-state index is 14.1. The molecule has 0 bridgehead atoms. The second kappa shape index (κ2) is 6.54. The van der Waals surface area contributed by atoms with Crippen molar-refractivity contribution in [2.75, 3.05) is 0 Å². The molecule has 0 amide bonds. The molecule has 2 heterocycles. The highest BCUT2D eigenvalue weighted by molar-refractivity contribution is 7.04. The normalized spacial score (nSPS) is 14.5. The Kier molecular flexibility index (Phi) is 4.22. The molecule has 5 heteroatoms. The third kappa shape index (κ3) is 3.02. The van der Waals surface area contributed by atoms with Gasteiger partial charge in [0.25, 0.3) is 0 Å². The molecular weight excluding hydrogens is 411 g/mol. The zero-order valence-corrected chi connectivity index (χ0v) is 18.9. The van der Waals surface area contributed by atoms with Crippen LogP contribution in [-0.4, -0.2) is 13.1 Å². The number of pyridine rings is 1. The zero-order chi connectivity index (χ0) is 22.1. The van der Waals surface area contributed by atoms with Gasteiger partial charge in [-0.15, -0.1) is 0 Å². The van der Waals surface area contributed by atoms with Crippen LogP contribution in [0.15, 0.2) is 60.8 Å². The average molecular weight is 434 g/mol. The lowest BCUT2D eigenvalue weighted by Gasteiger charge is -2.23. The van der Waals surface area contributed by atoms with E-state index in [2.05, 4.69) is 30.2 Å². The summed E-state index contributed by atoms with van der Waals surface area (Å²) in [6, 6.07) is 18.0. The highest BCUT2D eigenvalue weighted by atomic mass is 28.3. The lowest BCUT2D eigenvalue weighted by Crippen LogP contribution is -2.50.